The van der Waals surface area contributed by atoms with E-state index in [2.05, 4.69) is 4.90 Å². The molecule has 2 N–H and O–H groups in total. The maximum absolute atomic E-state index is 11.7. The summed E-state index contributed by atoms with van der Waals surface area (Å²) < 4.78 is 25.1. The summed E-state index contributed by atoms with van der Waals surface area (Å²) in [5.41, 5.74) is 7.66. The summed E-state index contributed by atoms with van der Waals surface area (Å²) in [7, 11) is -3.06. The molecular weight excluding hydrogens is 250 g/mol. The van der Waals surface area contributed by atoms with Crippen molar-refractivity contribution in [1.82, 2.24) is 4.31 Å². The van der Waals surface area contributed by atoms with Crippen molar-refractivity contribution in [3.8, 4) is 0 Å². The van der Waals surface area contributed by atoms with E-state index in [1.165, 1.54) is 0 Å². The van der Waals surface area contributed by atoms with E-state index in [-0.39, 0.29) is 5.75 Å². The molecule has 1 aromatic rings. The smallest absolute Gasteiger partial charge is 0.213 e. The van der Waals surface area contributed by atoms with Crippen LogP contribution >= 0.6 is 0 Å². The molecule has 1 saturated heterocycles. The molecule has 5 nitrogen and oxygen atoms in total. The molecule has 2 rings (SSSR count). The van der Waals surface area contributed by atoms with Crippen LogP contribution in [0.15, 0.2) is 24.3 Å². The zero-order valence-electron chi connectivity index (χ0n) is 10.5. The Kier molecular flexibility index (Phi) is 3.77. The molecule has 0 aromatic heterocycles. The Morgan fingerprint density at radius 2 is 1.78 bits per heavy atom. The highest BCUT2D eigenvalue weighted by Crippen LogP contribution is 2.24. The van der Waals surface area contributed by atoms with Gasteiger partial charge in [0, 0.05) is 26.2 Å². The average Bonchev–Trinajstić information content (AvgIpc) is 2.39. The molecule has 18 heavy (non-hydrogen) atoms. The molecule has 0 saturated carbocycles. The van der Waals surface area contributed by atoms with Crippen LogP contribution in [0.2, 0.25) is 0 Å². The second kappa shape index (κ2) is 5.16. The largest absolute Gasteiger partial charge is 0.397 e. The van der Waals surface area contributed by atoms with Gasteiger partial charge in [-0.3, -0.25) is 0 Å². The Balaban J connectivity index is 2.06. The van der Waals surface area contributed by atoms with Crippen molar-refractivity contribution in [2.45, 2.75) is 6.92 Å². The van der Waals surface area contributed by atoms with Crippen LogP contribution in [0, 0.1) is 0 Å². The average molecular weight is 269 g/mol. The van der Waals surface area contributed by atoms with E-state index in [9.17, 15) is 8.42 Å². The van der Waals surface area contributed by atoms with Gasteiger partial charge in [0.1, 0.15) is 0 Å². The van der Waals surface area contributed by atoms with Crippen LogP contribution in [0.1, 0.15) is 6.92 Å². The lowest BCUT2D eigenvalue weighted by atomic mass is 10.2. The van der Waals surface area contributed by atoms with Gasteiger partial charge in [0.2, 0.25) is 10.0 Å². The predicted molar refractivity (Wildman–Crippen MR) is 74.1 cm³/mol. The summed E-state index contributed by atoms with van der Waals surface area (Å²) in [6, 6.07) is 7.68. The minimum absolute atomic E-state index is 0.167. The summed E-state index contributed by atoms with van der Waals surface area (Å²) in [6.07, 6.45) is 0. The zero-order valence-corrected chi connectivity index (χ0v) is 11.4. The number of anilines is 2. The molecule has 6 heteroatoms. The monoisotopic (exact) mass is 269 g/mol. The highest BCUT2D eigenvalue weighted by molar-refractivity contribution is 7.89. The first-order chi connectivity index (χ1) is 8.54. The van der Waals surface area contributed by atoms with Crippen molar-refractivity contribution < 1.29 is 8.42 Å². The molecule has 0 amide bonds. The van der Waals surface area contributed by atoms with Crippen LogP contribution in [0.3, 0.4) is 0 Å². The molecule has 0 unspecified atom stereocenters. The SMILES string of the molecule is CCS(=O)(=O)N1CCN(c2ccccc2N)CC1. The van der Waals surface area contributed by atoms with Gasteiger partial charge < -0.3 is 10.6 Å². The Morgan fingerprint density at radius 3 is 2.33 bits per heavy atom. The summed E-state index contributed by atoms with van der Waals surface area (Å²) in [6.45, 7) is 4.12. The van der Waals surface area contributed by atoms with E-state index < -0.39 is 10.0 Å². The molecule has 1 aliphatic heterocycles. The molecular formula is C12H19N3O2S. The van der Waals surface area contributed by atoms with E-state index in [1.807, 2.05) is 24.3 Å². The molecule has 1 fully saturated rings. The third-order valence-corrected chi connectivity index (χ3v) is 5.16. The first kappa shape index (κ1) is 13.2. The molecule has 0 radical (unpaired) electrons. The van der Waals surface area contributed by atoms with Crippen LogP contribution in [0.5, 0.6) is 0 Å². The molecule has 1 aliphatic rings. The Morgan fingerprint density at radius 1 is 1.17 bits per heavy atom. The number of sulfonamides is 1. The molecule has 0 spiro atoms. The van der Waals surface area contributed by atoms with Gasteiger partial charge >= 0.3 is 0 Å². The van der Waals surface area contributed by atoms with Crippen LogP contribution in [-0.2, 0) is 10.0 Å². The highest BCUT2D eigenvalue weighted by atomic mass is 32.2. The number of piperazine rings is 1. The minimum Gasteiger partial charge on any atom is -0.397 e. The first-order valence-electron chi connectivity index (χ1n) is 6.12. The fraction of sp³-hybridized carbons (Fsp3) is 0.500. The summed E-state index contributed by atoms with van der Waals surface area (Å²) >= 11 is 0. The quantitative estimate of drug-likeness (QED) is 0.822. The minimum atomic E-state index is -3.06. The number of nitrogens with zero attached hydrogens (tertiary/aromatic N) is 2. The van der Waals surface area contributed by atoms with E-state index in [4.69, 9.17) is 5.73 Å². The van der Waals surface area contributed by atoms with Crippen LogP contribution in [0.4, 0.5) is 11.4 Å². The normalized spacial score (nSPS) is 17.9. The van der Waals surface area contributed by atoms with Crippen molar-refractivity contribution in [3.05, 3.63) is 24.3 Å². The number of nitrogen functional groups attached to an aromatic ring is 1. The van der Waals surface area contributed by atoms with Crippen molar-refractivity contribution in [2.24, 2.45) is 0 Å². The van der Waals surface area contributed by atoms with Gasteiger partial charge in [-0.2, -0.15) is 4.31 Å². The maximum atomic E-state index is 11.7. The lowest BCUT2D eigenvalue weighted by molar-refractivity contribution is 0.386. The predicted octanol–water partition coefficient (Wildman–Crippen LogP) is 0.741. The summed E-state index contributed by atoms with van der Waals surface area (Å²) in [5, 5.41) is 0. The third-order valence-electron chi connectivity index (χ3n) is 3.27. The fourth-order valence-corrected chi connectivity index (χ4v) is 3.25. The molecule has 1 aromatic carbocycles. The van der Waals surface area contributed by atoms with E-state index >= 15 is 0 Å². The summed E-state index contributed by atoms with van der Waals surface area (Å²) in [4.78, 5) is 2.14. The first-order valence-corrected chi connectivity index (χ1v) is 7.73. The number of rotatable bonds is 3. The van der Waals surface area contributed by atoms with Gasteiger partial charge in [-0.15, -0.1) is 0 Å². The highest BCUT2D eigenvalue weighted by Gasteiger charge is 2.25. The van der Waals surface area contributed by atoms with Crippen molar-refractivity contribution >= 4 is 21.4 Å². The third kappa shape index (κ3) is 2.59. The lowest BCUT2D eigenvalue weighted by Gasteiger charge is -2.35. The van der Waals surface area contributed by atoms with E-state index in [1.54, 1.807) is 11.2 Å². The van der Waals surface area contributed by atoms with Crippen LogP contribution in [-0.4, -0.2) is 44.7 Å². The molecule has 1 heterocycles. The molecule has 0 bridgehead atoms. The number of hydrogen-bond donors (Lipinski definition) is 1. The Bertz CT molecular complexity index is 508. The van der Waals surface area contributed by atoms with Gasteiger partial charge in [-0.25, -0.2) is 8.42 Å². The number of hydrogen-bond acceptors (Lipinski definition) is 4. The van der Waals surface area contributed by atoms with Crippen molar-refractivity contribution in [3.63, 3.8) is 0 Å². The van der Waals surface area contributed by atoms with Crippen LogP contribution in [0.25, 0.3) is 0 Å². The molecule has 100 valence electrons. The molecule has 0 atom stereocenters. The lowest BCUT2D eigenvalue weighted by Crippen LogP contribution is -2.49. The molecule has 0 aliphatic carbocycles. The topological polar surface area (TPSA) is 66.6 Å². The van der Waals surface area contributed by atoms with Gasteiger partial charge in [-0.1, -0.05) is 12.1 Å². The summed E-state index contributed by atoms with van der Waals surface area (Å²) in [5.74, 6) is 0.167. The number of nitrogens with two attached hydrogens (primary N) is 1. The van der Waals surface area contributed by atoms with E-state index in [0.717, 1.165) is 11.4 Å². The van der Waals surface area contributed by atoms with Gasteiger partial charge in [0.05, 0.1) is 17.1 Å². The second-order valence-electron chi connectivity index (χ2n) is 4.35. The van der Waals surface area contributed by atoms with Gasteiger partial charge in [0.25, 0.3) is 0 Å². The van der Waals surface area contributed by atoms with Gasteiger partial charge in [-0.05, 0) is 19.1 Å². The van der Waals surface area contributed by atoms with Crippen LogP contribution < -0.4 is 10.6 Å². The van der Waals surface area contributed by atoms with Crippen molar-refractivity contribution in [1.29, 1.82) is 0 Å². The Hall–Kier alpha value is -1.27. The standard InChI is InChI=1S/C12H19N3O2S/c1-2-18(16,17)15-9-7-14(8-10-15)12-6-4-3-5-11(12)13/h3-6H,2,7-10,13H2,1H3. The number of para-hydroxylation sites is 2. The van der Waals surface area contributed by atoms with Gasteiger partial charge in [0.15, 0.2) is 0 Å². The van der Waals surface area contributed by atoms with E-state index in [0.29, 0.717) is 26.2 Å². The second-order valence-corrected chi connectivity index (χ2v) is 6.60. The number of benzene rings is 1. The maximum Gasteiger partial charge on any atom is 0.213 e. The fourth-order valence-electron chi connectivity index (χ4n) is 2.17. The Labute approximate surface area is 108 Å². The zero-order chi connectivity index (χ0) is 13.2. The van der Waals surface area contributed by atoms with Crippen molar-refractivity contribution in [2.75, 3.05) is 42.6 Å².